The molecule has 1 fully saturated rings. The third-order valence-electron chi connectivity index (χ3n) is 3.17. The van der Waals surface area contributed by atoms with Crippen LogP contribution in [0.3, 0.4) is 0 Å². The molecule has 0 radical (unpaired) electrons. The number of thioether (sulfide) groups is 1. The van der Waals surface area contributed by atoms with Crippen molar-refractivity contribution in [3.63, 3.8) is 0 Å². The number of primary amides is 1. The number of nitrogens with two attached hydrogens (primary N) is 1. The van der Waals surface area contributed by atoms with Gasteiger partial charge in [-0.05, 0) is 26.8 Å². The minimum Gasteiger partial charge on any atom is -0.368 e. The number of hydrogen-bond donors (Lipinski definition) is 3. The highest BCUT2D eigenvalue weighted by atomic mass is 32.2. The number of carbonyl (C=O) groups is 1. The van der Waals surface area contributed by atoms with Gasteiger partial charge in [0.2, 0.25) is 5.91 Å². The van der Waals surface area contributed by atoms with Crippen molar-refractivity contribution in [3.8, 4) is 0 Å². The number of carbonyl (C=O) groups excluding carboxylic acids is 1. The molecule has 0 aliphatic heterocycles. The van der Waals surface area contributed by atoms with Crippen molar-refractivity contribution in [2.45, 2.75) is 36.5 Å². The first-order chi connectivity index (χ1) is 8.48. The number of nitrogens with zero attached hydrogens (tertiary/aromatic N) is 2. The van der Waals surface area contributed by atoms with Crippen LogP contribution in [0.5, 0.6) is 0 Å². The molecular weight excluding hydrogens is 254 g/mol. The van der Waals surface area contributed by atoms with Crippen LogP contribution in [-0.2, 0) is 4.79 Å². The molecule has 1 aromatic rings. The predicted octanol–water partition coefficient (Wildman–Crippen LogP) is -0.538. The van der Waals surface area contributed by atoms with Gasteiger partial charge in [0.1, 0.15) is 5.54 Å². The molecule has 8 heteroatoms. The number of aromatic nitrogens is 3. The van der Waals surface area contributed by atoms with Crippen molar-refractivity contribution in [1.29, 1.82) is 0 Å². The van der Waals surface area contributed by atoms with Gasteiger partial charge >= 0.3 is 5.69 Å². The summed E-state index contributed by atoms with van der Waals surface area (Å²) in [7, 11) is 1.68. The minimum atomic E-state index is -0.811. The van der Waals surface area contributed by atoms with Crippen molar-refractivity contribution in [3.05, 3.63) is 10.5 Å². The van der Waals surface area contributed by atoms with Crippen LogP contribution in [0.15, 0.2) is 9.95 Å². The standard InChI is InChI=1S/C10H17N5O2S/c1-10(12-2,7(11)16)5-18-9-14-13-8(17)15(9)6-3-4-6/h6,12H,3-5H2,1-2H3,(H2,11,16)(H,13,17). The van der Waals surface area contributed by atoms with Crippen LogP contribution in [0.25, 0.3) is 0 Å². The minimum absolute atomic E-state index is 0.190. The molecule has 0 saturated heterocycles. The predicted molar refractivity (Wildman–Crippen MR) is 68.5 cm³/mol. The van der Waals surface area contributed by atoms with E-state index in [-0.39, 0.29) is 11.7 Å². The van der Waals surface area contributed by atoms with Crippen LogP contribution in [-0.4, -0.2) is 39.0 Å². The Morgan fingerprint density at radius 1 is 1.72 bits per heavy atom. The lowest BCUT2D eigenvalue weighted by Gasteiger charge is -2.24. The fourth-order valence-corrected chi connectivity index (χ4v) is 2.71. The Hall–Kier alpha value is -1.28. The van der Waals surface area contributed by atoms with E-state index in [2.05, 4.69) is 15.5 Å². The molecule has 1 aromatic heterocycles. The molecule has 1 aliphatic carbocycles. The van der Waals surface area contributed by atoms with Crippen molar-refractivity contribution in [2.24, 2.45) is 5.73 Å². The van der Waals surface area contributed by atoms with E-state index in [4.69, 9.17) is 5.73 Å². The molecule has 4 N–H and O–H groups in total. The maximum Gasteiger partial charge on any atom is 0.344 e. The smallest absolute Gasteiger partial charge is 0.344 e. The Balaban J connectivity index is 2.11. The first kappa shape index (κ1) is 13.2. The molecule has 1 unspecified atom stereocenters. The van der Waals surface area contributed by atoms with Gasteiger partial charge in [-0.25, -0.2) is 9.89 Å². The van der Waals surface area contributed by atoms with E-state index in [9.17, 15) is 9.59 Å². The van der Waals surface area contributed by atoms with E-state index in [0.29, 0.717) is 10.9 Å². The largest absolute Gasteiger partial charge is 0.368 e. The molecular formula is C10H17N5O2S. The number of nitrogens with one attached hydrogen (secondary N) is 2. The molecule has 0 bridgehead atoms. The fourth-order valence-electron chi connectivity index (χ4n) is 1.52. The number of rotatable bonds is 6. The van der Waals surface area contributed by atoms with Gasteiger partial charge < -0.3 is 11.1 Å². The Labute approximate surface area is 109 Å². The van der Waals surface area contributed by atoms with E-state index in [1.807, 2.05) is 0 Å². The summed E-state index contributed by atoms with van der Waals surface area (Å²) in [5, 5.41) is 9.94. The van der Waals surface area contributed by atoms with Crippen LogP contribution in [0.1, 0.15) is 25.8 Å². The molecule has 1 saturated carbocycles. The second-order valence-corrected chi connectivity index (χ2v) is 5.59. The quantitative estimate of drug-likeness (QED) is 0.603. The van der Waals surface area contributed by atoms with E-state index >= 15 is 0 Å². The number of aromatic amines is 1. The van der Waals surface area contributed by atoms with Crippen LogP contribution in [0.2, 0.25) is 0 Å². The maximum absolute atomic E-state index is 11.6. The van der Waals surface area contributed by atoms with Crippen LogP contribution >= 0.6 is 11.8 Å². The fraction of sp³-hybridized carbons (Fsp3) is 0.700. The third-order valence-corrected chi connectivity index (χ3v) is 4.44. The maximum atomic E-state index is 11.6. The SMILES string of the molecule is CNC(C)(CSc1n[nH]c(=O)n1C1CC1)C(N)=O. The molecule has 2 rings (SSSR count). The van der Waals surface area contributed by atoms with Gasteiger partial charge in [-0.15, -0.1) is 5.10 Å². The average molecular weight is 271 g/mol. The summed E-state index contributed by atoms with van der Waals surface area (Å²) in [5.74, 6) is 0.00362. The van der Waals surface area contributed by atoms with Gasteiger partial charge in [0.15, 0.2) is 5.16 Å². The first-order valence-corrected chi connectivity index (χ1v) is 6.75. The number of hydrogen-bond acceptors (Lipinski definition) is 5. The van der Waals surface area contributed by atoms with Crippen LogP contribution < -0.4 is 16.7 Å². The Bertz CT molecular complexity index is 507. The van der Waals surface area contributed by atoms with Gasteiger partial charge in [0.05, 0.1) is 0 Å². The van der Waals surface area contributed by atoms with Crippen molar-refractivity contribution < 1.29 is 4.79 Å². The van der Waals surface area contributed by atoms with Gasteiger partial charge in [-0.1, -0.05) is 11.8 Å². The van der Waals surface area contributed by atoms with Gasteiger partial charge in [0.25, 0.3) is 0 Å². The Morgan fingerprint density at radius 2 is 2.39 bits per heavy atom. The zero-order valence-electron chi connectivity index (χ0n) is 10.4. The zero-order valence-corrected chi connectivity index (χ0v) is 11.2. The number of amides is 1. The van der Waals surface area contributed by atoms with E-state index in [0.717, 1.165) is 12.8 Å². The summed E-state index contributed by atoms with van der Waals surface area (Å²) in [6.45, 7) is 1.73. The lowest BCUT2D eigenvalue weighted by atomic mass is 10.1. The molecule has 0 aromatic carbocycles. The topological polar surface area (TPSA) is 106 Å². The van der Waals surface area contributed by atoms with Crippen LogP contribution in [0.4, 0.5) is 0 Å². The van der Waals surface area contributed by atoms with Crippen molar-refractivity contribution in [1.82, 2.24) is 20.1 Å². The van der Waals surface area contributed by atoms with Gasteiger partial charge in [0, 0.05) is 11.8 Å². The summed E-state index contributed by atoms with van der Waals surface area (Å²) in [6, 6.07) is 0.258. The zero-order chi connectivity index (χ0) is 13.3. The normalized spacial score (nSPS) is 18.6. The van der Waals surface area contributed by atoms with Crippen molar-refractivity contribution >= 4 is 17.7 Å². The summed E-state index contributed by atoms with van der Waals surface area (Å²) in [5.41, 5.74) is 4.35. The highest BCUT2D eigenvalue weighted by Gasteiger charge is 2.32. The molecule has 0 spiro atoms. The second-order valence-electron chi connectivity index (χ2n) is 4.65. The third kappa shape index (κ3) is 2.44. The van der Waals surface area contributed by atoms with Gasteiger partial charge in [-0.2, -0.15) is 0 Å². The van der Waals surface area contributed by atoms with Gasteiger partial charge in [-0.3, -0.25) is 9.36 Å². The molecule has 18 heavy (non-hydrogen) atoms. The molecule has 1 atom stereocenters. The lowest BCUT2D eigenvalue weighted by Crippen LogP contribution is -2.53. The highest BCUT2D eigenvalue weighted by molar-refractivity contribution is 7.99. The molecule has 7 nitrogen and oxygen atoms in total. The number of H-pyrrole nitrogens is 1. The van der Waals surface area contributed by atoms with E-state index < -0.39 is 11.4 Å². The van der Waals surface area contributed by atoms with E-state index in [1.165, 1.54) is 11.8 Å². The Morgan fingerprint density at radius 3 is 2.89 bits per heavy atom. The number of likely N-dealkylation sites (N-methyl/N-ethyl adjacent to an activating group) is 1. The molecule has 1 aliphatic rings. The Kier molecular flexibility index (Phi) is 3.49. The summed E-state index contributed by atoms with van der Waals surface area (Å²) in [4.78, 5) is 22.9. The lowest BCUT2D eigenvalue weighted by molar-refractivity contribution is -0.122. The second kappa shape index (κ2) is 4.77. The van der Waals surface area contributed by atoms with E-state index in [1.54, 1.807) is 18.5 Å². The summed E-state index contributed by atoms with van der Waals surface area (Å²) < 4.78 is 1.65. The summed E-state index contributed by atoms with van der Waals surface area (Å²) in [6.07, 6.45) is 2.01. The monoisotopic (exact) mass is 271 g/mol. The molecule has 100 valence electrons. The van der Waals surface area contributed by atoms with Crippen LogP contribution in [0, 0.1) is 0 Å². The first-order valence-electron chi connectivity index (χ1n) is 5.76. The average Bonchev–Trinajstić information content (AvgIpc) is 3.10. The molecule has 1 amide bonds. The van der Waals surface area contributed by atoms with Crippen molar-refractivity contribution in [2.75, 3.05) is 12.8 Å². The highest BCUT2D eigenvalue weighted by Crippen LogP contribution is 2.36. The summed E-state index contributed by atoms with van der Waals surface area (Å²) >= 11 is 1.35. The molecule has 1 heterocycles.